The fraction of sp³-hybridized carbons (Fsp3) is 0.556. The molecule has 0 N–H and O–H groups in total. The van der Waals surface area contributed by atoms with Gasteiger partial charge in [0.1, 0.15) is 0 Å². The van der Waals surface area contributed by atoms with E-state index in [-0.39, 0.29) is 10.8 Å². The molecule has 0 bridgehead atoms. The molecule has 0 heterocycles. The van der Waals surface area contributed by atoms with Gasteiger partial charge in [-0.1, -0.05) is 67.9 Å². The van der Waals surface area contributed by atoms with Crippen molar-refractivity contribution in [3.05, 3.63) is 46.5 Å². The zero-order chi connectivity index (χ0) is 13.8. The topological polar surface area (TPSA) is 0 Å². The Morgan fingerprint density at radius 1 is 0.947 bits per heavy atom. The van der Waals surface area contributed by atoms with Gasteiger partial charge in [-0.25, -0.2) is 0 Å². The lowest BCUT2D eigenvalue weighted by Crippen LogP contribution is -2.30. The molecule has 0 spiro atoms. The van der Waals surface area contributed by atoms with Crippen molar-refractivity contribution < 1.29 is 0 Å². The third-order valence-corrected chi connectivity index (χ3v) is 5.59. The molecule has 0 radical (unpaired) electrons. The van der Waals surface area contributed by atoms with E-state index in [1.54, 1.807) is 11.1 Å². The molecule has 0 amide bonds. The zero-order valence-corrected chi connectivity index (χ0v) is 14.0. The van der Waals surface area contributed by atoms with Crippen LogP contribution in [0.1, 0.15) is 56.4 Å². The highest BCUT2D eigenvalue weighted by Crippen LogP contribution is 2.43. The molecule has 1 aromatic carbocycles. The van der Waals surface area contributed by atoms with Gasteiger partial charge >= 0.3 is 0 Å². The monoisotopic (exact) mass is 318 g/mol. The maximum Gasteiger partial charge on any atom is 0.0189 e. The highest BCUT2D eigenvalue weighted by atomic mass is 79.9. The smallest absolute Gasteiger partial charge is 0.0189 e. The van der Waals surface area contributed by atoms with Crippen LogP contribution in [-0.2, 0) is 23.7 Å². The van der Waals surface area contributed by atoms with E-state index in [0.29, 0.717) is 4.83 Å². The molecular formula is C18H23Br. The SMILES string of the molecule is CC1(C)C=CC(C)(C)c2cc3c(cc21)CCC(Br)C3. The van der Waals surface area contributed by atoms with E-state index in [9.17, 15) is 0 Å². The summed E-state index contributed by atoms with van der Waals surface area (Å²) in [7, 11) is 0. The average Bonchev–Trinajstić information content (AvgIpc) is 2.33. The first-order chi connectivity index (χ1) is 8.79. The van der Waals surface area contributed by atoms with E-state index >= 15 is 0 Å². The van der Waals surface area contributed by atoms with E-state index < -0.39 is 0 Å². The second-order valence-corrected chi connectivity index (χ2v) is 8.58. The van der Waals surface area contributed by atoms with Gasteiger partial charge < -0.3 is 0 Å². The van der Waals surface area contributed by atoms with Gasteiger partial charge in [-0.05, 0) is 41.5 Å². The highest BCUT2D eigenvalue weighted by Gasteiger charge is 2.34. The van der Waals surface area contributed by atoms with Gasteiger partial charge in [0.05, 0.1) is 0 Å². The van der Waals surface area contributed by atoms with Crippen molar-refractivity contribution in [1.82, 2.24) is 0 Å². The second kappa shape index (κ2) is 4.22. The van der Waals surface area contributed by atoms with E-state index in [1.807, 2.05) is 0 Å². The van der Waals surface area contributed by atoms with Crippen LogP contribution in [0.2, 0.25) is 0 Å². The van der Waals surface area contributed by atoms with Crippen molar-refractivity contribution in [2.75, 3.05) is 0 Å². The molecule has 0 nitrogen and oxygen atoms in total. The van der Waals surface area contributed by atoms with Crippen LogP contribution >= 0.6 is 15.9 Å². The Morgan fingerprint density at radius 2 is 1.47 bits per heavy atom. The number of hydrogen-bond donors (Lipinski definition) is 0. The minimum Gasteiger partial charge on any atom is -0.0887 e. The standard InChI is InChI=1S/C18H23Br/c1-17(2)7-8-18(3,4)16-11-13-9-14(19)6-5-12(13)10-15(16)17/h7-8,10-11,14H,5-6,9H2,1-4H3. The summed E-state index contributed by atoms with van der Waals surface area (Å²) in [6, 6.07) is 4.98. The molecule has 0 fully saturated rings. The van der Waals surface area contributed by atoms with Gasteiger partial charge in [0, 0.05) is 15.7 Å². The van der Waals surface area contributed by atoms with Gasteiger partial charge in [0.2, 0.25) is 0 Å². The summed E-state index contributed by atoms with van der Waals surface area (Å²) in [5, 5.41) is 0. The molecule has 0 saturated carbocycles. The Labute approximate surface area is 125 Å². The minimum absolute atomic E-state index is 0.166. The van der Waals surface area contributed by atoms with Crippen molar-refractivity contribution in [2.24, 2.45) is 0 Å². The van der Waals surface area contributed by atoms with E-state index in [2.05, 4.69) is 67.9 Å². The maximum absolute atomic E-state index is 3.79. The van der Waals surface area contributed by atoms with Crippen LogP contribution in [0.3, 0.4) is 0 Å². The summed E-state index contributed by atoms with van der Waals surface area (Å²) in [4.78, 5) is 0.660. The Morgan fingerprint density at radius 3 is 2.05 bits per heavy atom. The summed E-state index contributed by atoms with van der Waals surface area (Å²) in [6.07, 6.45) is 8.45. The largest absolute Gasteiger partial charge is 0.0887 e. The van der Waals surface area contributed by atoms with Crippen LogP contribution in [0.4, 0.5) is 0 Å². The first-order valence-electron chi connectivity index (χ1n) is 7.31. The molecule has 1 aromatic rings. The number of fused-ring (bicyclic) bond motifs is 2. The van der Waals surface area contributed by atoms with Crippen LogP contribution in [0, 0.1) is 0 Å². The predicted octanol–water partition coefficient (Wildman–Crippen LogP) is 5.06. The Hall–Kier alpha value is -0.560. The Kier molecular flexibility index (Phi) is 2.98. The van der Waals surface area contributed by atoms with Crippen LogP contribution in [0.25, 0.3) is 0 Å². The lowest BCUT2D eigenvalue weighted by molar-refractivity contribution is 0.558. The summed E-state index contributed by atoms with van der Waals surface area (Å²) < 4.78 is 0. The van der Waals surface area contributed by atoms with Crippen molar-refractivity contribution in [2.45, 2.75) is 62.6 Å². The number of benzene rings is 1. The quantitative estimate of drug-likeness (QED) is 0.463. The van der Waals surface area contributed by atoms with E-state index in [0.717, 1.165) is 0 Å². The lowest BCUT2D eigenvalue weighted by atomic mass is 9.66. The van der Waals surface area contributed by atoms with Crippen molar-refractivity contribution >= 4 is 15.9 Å². The van der Waals surface area contributed by atoms with Crippen molar-refractivity contribution in [1.29, 1.82) is 0 Å². The average molecular weight is 319 g/mol. The number of hydrogen-bond acceptors (Lipinski definition) is 0. The molecule has 102 valence electrons. The second-order valence-electron chi connectivity index (χ2n) is 7.28. The summed E-state index contributed by atoms with van der Waals surface area (Å²) >= 11 is 3.79. The fourth-order valence-corrected chi connectivity index (χ4v) is 4.01. The van der Waals surface area contributed by atoms with Gasteiger partial charge in [-0.2, -0.15) is 0 Å². The first-order valence-corrected chi connectivity index (χ1v) is 8.22. The number of allylic oxidation sites excluding steroid dienone is 2. The first kappa shape index (κ1) is 13.4. The third kappa shape index (κ3) is 2.20. The van der Waals surface area contributed by atoms with Gasteiger partial charge in [0.25, 0.3) is 0 Å². The molecule has 0 aromatic heterocycles. The molecule has 2 aliphatic rings. The summed E-state index contributed by atoms with van der Waals surface area (Å²) in [6.45, 7) is 9.33. The number of alkyl halides is 1. The van der Waals surface area contributed by atoms with Crippen molar-refractivity contribution in [3.8, 4) is 0 Å². The van der Waals surface area contributed by atoms with Crippen LogP contribution in [-0.4, -0.2) is 4.83 Å². The fourth-order valence-electron chi connectivity index (χ4n) is 3.43. The highest BCUT2D eigenvalue weighted by molar-refractivity contribution is 9.09. The minimum atomic E-state index is 0.166. The van der Waals surface area contributed by atoms with Crippen LogP contribution in [0.5, 0.6) is 0 Å². The summed E-state index contributed by atoms with van der Waals surface area (Å²) in [5.74, 6) is 0. The summed E-state index contributed by atoms with van der Waals surface area (Å²) in [5.41, 5.74) is 6.54. The molecule has 2 aliphatic carbocycles. The van der Waals surface area contributed by atoms with E-state index in [4.69, 9.17) is 0 Å². The molecule has 1 unspecified atom stereocenters. The van der Waals surface area contributed by atoms with Crippen LogP contribution < -0.4 is 0 Å². The van der Waals surface area contributed by atoms with E-state index in [1.165, 1.54) is 30.4 Å². The zero-order valence-electron chi connectivity index (χ0n) is 12.4. The molecule has 0 saturated heterocycles. The normalized spacial score (nSPS) is 26.7. The lowest BCUT2D eigenvalue weighted by Gasteiger charge is -2.38. The van der Waals surface area contributed by atoms with Crippen LogP contribution in [0.15, 0.2) is 24.3 Å². The van der Waals surface area contributed by atoms with Gasteiger partial charge in [-0.15, -0.1) is 0 Å². The molecule has 1 atom stereocenters. The molecule has 19 heavy (non-hydrogen) atoms. The Bertz CT molecular complexity index is 549. The van der Waals surface area contributed by atoms with Gasteiger partial charge in [-0.3, -0.25) is 0 Å². The number of halogens is 1. The van der Waals surface area contributed by atoms with Crippen molar-refractivity contribution in [3.63, 3.8) is 0 Å². The molecular weight excluding hydrogens is 296 g/mol. The third-order valence-electron chi connectivity index (χ3n) is 4.81. The number of rotatable bonds is 0. The number of aryl methyl sites for hydroxylation is 1. The van der Waals surface area contributed by atoms with Gasteiger partial charge in [0.15, 0.2) is 0 Å². The molecule has 3 rings (SSSR count). The molecule has 1 heteroatoms. The predicted molar refractivity (Wildman–Crippen MR) is 86.4 cm³/mol. The molecule has 0 aliphatic heterocycles. The Balaban J connectivity index is 2.20. The maximum atomic E-state index is 3.79.